The number of hydrogen-bond acceptors (Lipinski definition) is 5. The van der Waals surface area contributed by atoms with Crippen molar-refractivity contribution in [3.8, 4) is 0 Å². The molecule has 1 saturated carbocycles. The maximum atomic E-state index is 5.19. The summed E-state index contributed by atoms with van der Waals surface area (Å²) in [4.78, 5) is 0. The maximum absolute atomic E-state index is 5.19. The highest BCUT2D eigenvalue weighted by Crippen LogP contribution is 2.22. The number of aromatic nitrogens is 2. The molecule has 1 aromatic rings. The predicted molar refractivity (Wildman–Crippen MR) is 50.6 cm³/mol. The molecule has 0 bridgehead atoms. The van der Waals surface area contributed by atoms with Crippen LogP contribution in [0, 0.1) is 0 Å². The normalized spacial score (nSPS) is 27.2. The molecule has 0 saturated heterocycles. The van der Waals surface area contributed by atoms with Crippen LogP contribution in [0.4, 0.5) is 0 Å². The summed E-state index contributed by atoms with van der Waals surface area (Å²) in [5.41, 5.74) is 1.03. The van der Waals surface area contributed by atoms with Gasteiger partial charge < -0.3 is 10.1 Å². The molecule has 0 unspecified atom stereocenters. The van der Waals surface area contributed by atoms with Crippen LogP contribution in [0.1, 0.15) is 18.5 Å². The van der Waals surface area contributed by atoms with Crippen LogP contribution < -0.4 is 5.32 Å². The summed E-state index contributed by atoms with van der Waals surface area (Å²) in [5.74, 6) is 0. The van der Waals surface area contributed by atoms with Crippen LogP contribution in [0.25, 0.3) is 0 Å². The van der Waals surface area contributed by atoms with E-state index < -0.39 is 0 Å². The van der Waals surface area contributed by atoms with E-state index in [9.17, 15) is 0 Å². The van der Waals surface area contributed by atoms with Crippen LogP contribution in [0.15, 0.2) is 5.38 Å². The number of rotatable bonds is 4. The lowest BCUT2D eigenvalue weighted by molar-refractivity contribution is 0.0169. The van der Waals surface area contributed by atoms with Crippen LogP contribution in [-0.4, -0.2) is 28.8 Å². The molecule has 0 aliphatic heterocycles. The largest absolute Gasteiger partial charge is 0.381 e. The van der Waals surface area contributed by atoms with E-state index in [0.29, 0.717) is 12.1 Å². The van der Waals surface area contributed by atoms with Crippen molar-refractivity contribution in [1.29, 1.82) is 0 Å². The number of nitrogens with one attached hydrogen (secondary N) is 1. The van der Waals surface area contributed by atoms with Crippen LogP contribution in [0.5, 0.6) is 0 Å². The molecule has 0 atom stereocenters. The third-order valence-corrected chi connectivity index (χ3v) is 2.96. The fraction of sp³-hybridized carbons (Fsp3) is 0.750. The molecule has 0 aromatic carbocycles. The molecular weight excluding hydrogens is 186 g/mol. The Morgan fingerprint density at radius 1 is 1.69 bits per heavy atom. The van der Waals surface area contributed by atoms with Crippen molar-refractivity contribution in [2.24, 2.45) is 0 Å². The minimum absolute atomic E-state index is 0.464. The summed E-state index contributed by atoms with van der Waals surface area (Å²) in [6.45, 7) is 0.831. The number of nitrogens with zero attached hydrogens (tertiary/aromatic N) is 2. The van der Waals surface area contributed by atoms with Crippen molar-refractivity contribution in [2.75, 3.05) is 7.11 Å². The second-order valence-corrected chi connectivity index (χ2v) is 3.91. The summed E-state index contributed by atoms with van der Waals surface area (Å²) in [6.07, 6.45) is 2.70. The molecule has 5 heteroatoms. The predicted octanol–water partition coefficient (Wildman–Crippen LogP) is 0.805. The molecule has 1 aromatic heterocycles. The zero-order chi connectivity index (χ0) is 9.10. The van der Waals surface area contributed by atoms with Gasteiger partial charge in [0, 0.05) is 25.1 Å². The number of ether oxygens (including phenoxy) is 1. The maximum Gasteiger partial charge on any atom is 0.0893 e. The van der Waals surface area contributed by atoms with E-state index in [-0.39, 0.29) is 0 Å². The van der Waals surface area contributed by atoms with Crippen LogP contribution in [0.2, 0.25) is 0 Å². The van der Waals surface area contributed by atoms with Gasteiger partial charge in [0.05, 0.1) is 11.8 Å². The molecule has 1 aliphatic carbocycles. The van der Waals surface area contributed by atoms with Crippen LogP contribution >= 0.6 is 11.5 Å². The van der Waals surface area contributed by atoms with Gasteiger partial charge in [-0.05, 0) is 24.4 Å². The molecule has 0 radical (unpaired) electrons. The van der Waals surface area contributed by atoms with Gasteiger partial charge in [-0.3, -0.25) is 0 Å². The van der Waals surface area contributed by atoms with E-state index in [1.807, 2.05) is 5.38 Å². The van der Waals surface area contributed by atoms with Gasteiger partial charge in [-0.2, -0.15) is 0 Å². The first-order valence-corrected chi connectivity index (χ1v) is 5.24. The van der Waals surface area contributed by atoms with Crippen molar-refractivity contribution >= 4 is 11.5 Å². The van der Waals surface area contributed by atoms with Crippen LogP contribution in [0.3, 0.4) is 0 Å². The van der Waals surface area contributed by atoms with Crippen molar-refractivity contribution in [3.05, 3.63) is 11.1 Å². The SMILES string of the molecule is COC1CC(NCc2csnn2)C1. The number of hydrogen-bond donors (Lipinski definition) is 1. The Bertz CT molecular complexity index is 246. The van der Waals surface area contributed by atoms with Gasteiger partial charge in [-0.15, -0.1) is 5.10 Å². The molecule has 0 amide bonds. The fourth-order valence-electron chi connectivity index (χ4n) is 1.43. The van der Waals surface area contributed by atoms with Gasteiger partial charge in [0.25, 0.3) is 0 Å². The van der Waals surface area contributed by atoms with Gasteiger partial charge in [-0.25, -0.2) is 0 Å². The van der Waals surface area contributed by atoms with Crippen molar-refractivity contribution in [3.63, 3.8) is 0 Å². The molecule has 13 heavy (non-hydrogen) atoms. The average Bonchev–Trinajstić information content (AvgIpc) is 2.54. The molecule has 1 aliphatic rings. The summed E-state index contributed by atoms with van der Waals surface area (Å²) in [5, 5.41) is 9.34. The highest BCUT2D eigenvalue weighted by Gasteiger charge is 2.28. The molecule has 1 heterocycles. The zero-order valence-corrected chi connectivity index (χ0v) is 8.38. The van der Waals surface area contributed by atoms with Gasteiger partial charge >= 0.3 is 0 Å². The van der Waals surface area contributed by atoms with Gasteiger partial charge in [-0.1, -0.05) is 4.49 Å². The Hall–Kier alpha value is -0.520. The molecule has 1 fully saturated rings. The number of methoxy groups -OCH3 is 1. The average molecular weight is 199 g/mol. The summed E-state index contributed by atoms with van der Waals surface area (Å²) in [6, 6.07) is 0.603. The highest BCUT2D eigenvalue weighted by atomic mass is 32.1. The van der Waals surface area contributed by atoms with E-state index in [1.165, 1.54) is 11.5 Å². The molecule has 4 nitrogen and oxygen atoms in total. The molecule has 1 N–H and O–H groups in total. The smallest absolute Gasteiger partial charge is 0.0893 e. The first-order valence-electron chi connectivity index (χ1n) is 4.40. The van der Waals surface area contributed by atoms with Crippen molar-refractivity contribution in [1.82, 2.24) is 14.9 Å². The molecule has 2 rings (SSSR count). The Labute approximate surface area is 81.5 Å². The quantitative estimate of drug-likeness (QED) is 0.779. The minimum Gasteiger partial charge on any atom is -0.381 e. The van der Waals surface area contributed by atoms with Crippen LogP contribution in [-0.2, 0) is 11.3 Å². The zero-order valence-electron chi connectivity index (χ0n) is 7.56. The molecular formula is C8H13N3OS. The Morgan fingerprint density at radius 3 is 3.15 bits per heavy atom. The Balaban J connectivity index is 1.65. The first kappa shape index (κ1) is 9.05. The Kier molecular flexibility index (Phi) is 2.87. The third-order valence-electron chi connectivity index (χ3n) is 2.41. The van der Waals surface area contributed by atoms with Gasteiger partial charge in [0.2, 0.25) is 0 Å². The standard InChI is InChI=1S/C8H13N3OS/c1-12-8-2-6(3-8)9-4-7-5-13-11-10-7/h5-6,8-9H,2-4H2,1H3. The monoisotopic (exact) mass is 199 g/mol. The first-order chi connectivity index (χ1) is 6.38. The second kappa shape index (κ2) is 4.13. The van der Waals surface area contributed by atoms with E-state index in [4.69, 9.17) is 4.74 Å². The summed E-state index contributed by atoms with van der Waals surface area (Å²) < 4.78 is 8.99. The third kappa shape index (κ3) is 2.24. The molecule has 72 valence electrons. The lowest BCUT2D eigenvalue weighted by Crippen LogP contribution is -2.44. The highest BCUT2D eigenvalue weighted by molar-refractivity contribution is 7.03. The van der Waals surface area contributed by atoms with E-state index in [1.54, 1.807) is 7.11 Å². The van der Waals surface area contributed by atoms with Gasteiger partial charge in [0.1, 0.15) is 0 Å². The summed E-state index contributed by atoms with van der Waals surface area (Å²) in [7, 11) is 1.77. The van der Waals surface area contributed by atoms with Gasteiger partial charge in [0.15, 0.2) is 0 Å². The second-order valence-electron chi connectivity index (χ2n) is 3.30. The summed E-state index contributed by atoms with van der Waals surface area (Å²) >= 11 is 1.40. The lowest BCUT2D eigenvalue weighted by atomic mass is 9.89. The topological polar surface area (TPSA) is 47.0 Å². The minimum atomic E-state index is 0.464. The fourth-order valence-corrected chi connectivity index (χ4v) is 1.89. The molecule has 0 spiro atoms. The Morgan fingerprint density at radius 2 is 2.54 bits per heavy atom. The van der Waals surface area contributed by atoms with E-state index in [0.717, 1.165) is 25.1 Å². The van der Waals surface area contributed by atoms with E-state index in [2.05, 4.69) is 14.9 Å². The van der Waals surface area contributed by atoms with Crippen molar-refractivity contribution in [2.45, 2.75) is 31.5 Å². The van der Waals surface area contributed by atoms with E-state index >= 15 is 0 Å². The lowest BCUT2D eigenvalue weighted by Gasteiger charge is -2.34. The van der Waals surface area contributed by atoms with Crippen molar-refractivity contribution < 1.29 is 4.74 Å².